The normalized spacial score (nSPS) is 33.8. The largest absolute Gasteiger partial charge is 0.326 e. The van der Waals surface area contributed by atoms with E-state index in [1.807, 2.05) is 11.8 Å². The second-order valence-corrected chi connectivity index (χ2v) is 4.84. The molecule has 2 unspecified atom stereocenters. The molecule has 0 aromatic heterocycles. The highest BCUT2D eigenvalue weighted by atomic mass is 79.9. The molecule has 0 aromatic rings. The Bertz CT molecular complexity index is 277. The van der Waals surface area contributed by atoms with Crippen LogP contribution in [-0.4, -0.2) is 11.8 Å². The van der Waals surface area contributed by atoms with Gasteiger partial charge in [0.15, 0.2) is 0 Å². The summed E-state index contributed by atoms with van der Waals surface area (Å²) in [6.07, 6.45) is 6.40. The number of hydrogen-bond acceptors (Lipinski definition) is 2. The van der Waals surface area contributed by atoms with Crippen molar-refractivity contribution in [1.82, 2.24) is 0 Å². The molecule has 2 atom stereocenters. The molecule has 1 nitrogen and oxygen atoms in total. The van der Waals surface area contributed by atoms with Gasteiger partial charge < -0.3 is 5.73 Å². The van der Waals surface area contributed by atoms with Gasteiger partial charge in [0.2, 0.25) is 0 Å². The number of fused-ring (bicyclic) bond motifs is 1. The zero-order valence-corrected chi connectivity index (χ0v) is 8.94. The minimum atomic E-state index is 0.271. The first-order valence-corrected chi connectivity index (χ1v) is 5.74. The van der Waals surface area contributed by atoms with Gasteiger partial charge in [-0.05, 0) is 17.1 Å². The van der Waals surface area contributed by atoms with E-state index in [0.29, 0.717) is 5.92 Å². The molecule has 0 amide bonds. The molecule has 1 aliphatic carbocycles. The van der Waals surface area contributed by atoms with Crippen LogP contribution in [0.1, 0.15) is 0 Å². The van der Waals surface area contributed by atoms with E-state index in [4.69, 9.17) is 5.73 Å². The fourth-order valence-electron chi connectivity index (χ4n) is 1.46. The smallest absolute Gasteiger partial charge is 0.0239 e. The first-order valence-electron chi connectivity index (χ1n) is 3.90. The van der Waals surface area contributed by atoms with E-state index in [1.165, 1.54) is 5.57 Å². The number of nitrogens with two attached hydrogens (primary N) is 1. The quantitative estimate of drug-likeness (QED) is 0.708. The third-order valence-corrected chi connectivity index (χ3v) is 3.67. The molecule has 0 aromatic carbocycles. The average Bonchev–Trinajstić information content (AvgIpc) is 2.07. The Morgan fingerprint density at radius 3 is 3.17 bits per heavy atom. The summed E-state index contributed by atoms with van der Waals surface area (Å²) in [7, 11) is 0. The Hall–Kier alpha value is 0.01000. The van der Waals surface area contributed by atoms with Crippen LogP contribution < -0.4 is 5.73 Å². The van der Waals surface area contributed by atoms with Crippen molar-refractivity contribution >= 4 is 27.7 Å². The third kappa shape index (κ3) is 1.53. The molecule has 2 rings (SSSR count). The molecule has 0 fully saturated rings. The van der Waals surface area contributed by atoms with Crippen LogP contribution in [0.4, 0.5) is 0 Å². The number of hydrogen-bond donors (Lipinski definition) is 1. The van der Waals surface area contributed by atoms with Crippen molar-refractivity contribution in [2.24, 2.45) is 11.7 Å². The molecular weight excluding hydrogens is 234 g/mol. The first-order chi connectivity index (χ1) is 5.77. The van der Waals surface area contributed by atoms with Crippen molar-refractivity contribution in [3.63, 3.8) is 0 Å². The molecule has 0 saturated heterocycles. The second-order valence-electron chi connectivity index (χ2n) is 3.03. The van der Waals surface area contributed by atoms with Crippen LogP contribution >= 0.6 is 27.7 Å². The van der Waals surface area contributed by atoms with Gasteiger partial charge in [-0.25, -0.2) is 0 Å². The summed E-state index contributed by atoms with van der Waals surface area (Å²) in [4.78, 5) is 0. The molecule has 0 bridgehead atoms. The molecule has 0 radical (unpaired) electrons. The molecule has 0 saturated carbocycles. The monoisotopic (exact) mass is 243 g/mol. The number of thioether (sulfide) groups is 1. The summed E-state index contributed by atoms with van der Waals surface area (Å²) < 4.78 is 1.15. The summed E-state index contributed by atoms with van der Waals surface area (Å²) in [5, 5.41) is 2.21. The topological polar surface area (TPSA) is 26.0 Å². The fraction of sp³-hybridized carbons (Fsp3) is 0.333. The van der Waals surface area contributed by atoms with E-state index in [2.05, 4.69) is 39.6 Å². The highest BCUT2D eigenvalue weighted by Crippen LogP contribution is 2.33. The Balaban J connectivity index is 2.32. The maximum absolute atomic E-state index is 5.99. The molecule has 2 N–H and O–H groups in total. The van der Waals surface area contributed by atoms with Gasteiger partial charge in [-0.1, -0.05) is 28.1 Å². The van der Waals surface area contributed by atoms with Crippen LogP contribution in [0.5, 0.6) is 0 Å². The average molecular weight is 244 g/mol. The van der Waals surface area contributed by atoms with Gasteiger partial charge >= 0.3 is 0 Å². The minimum absolute atomic E-state index is 0.271. The zero-order valence-electron chi connectivity index (χ0n) is 6.53. The molecule has 2 aliphatic rings. The van der Waals surface area contributed by atoms with Gasteiger partial charge in [0.05, 0.1) is 0 Å². The molecule has 1 aliphatic heterocycles. The summed E-state index contributed by atoms with van der Waals surface area (Å²) in [6.45, 7) is 0. The summed E-state index contributed by atoms with van der Waals surface area (Å²) >= 11 is 5.27. The predicted molar refractivity (Wildman–Crippen MR) is 58.2 cm³/mol. The molecule has 0 spiro atoms. The second kappa shape index (κ2) is 3.40. The van der Waals surface area contributed by atoms with Gasteiger partial charge in [-0.2, -0.15) is 0 Å². The van der Waals surface area contributed by atoms with Crippen molar-refractivity contribution in [2.45, 2.75) is 6.04 Å². The Morgan fingerprint density at radius 1 is 1.50 bits per heavy atom. The van der Waals surface area contributed by atoms with Crippen molar-refractivity contribution in [3.8, 4) is 0 Å². The lowest BCUT2D eigenvalue weighted by molar-refractivity contribution is 0.617. The molecule has 12 heavy (non-hydrogen) atoms. The van der Waals surface area contributed by atoms with E-state index in [-0.39, 0.29) is 6.04 Å². The Labute approximate surface area is 84.9 Å². The van der Waals surface area contributed by atoms with E-state index in [9.17, 15) is 0 Å². The summed E-state index contributed by atoms with van der Waals surface area (Å²) in [5.74, 6) is 1.45. The number of allylic oxidation sites excluding steroid dienone is 3. The maximum Gasteiger partial charge on any atom is 0.0239 e. The van der Waals surface area contributed by atoms with Gasteiger partial charge in [-0.3, -0.25) is 0 Å². The molecule has 64 valence electrons. The lowest BCUT2D eigenvalue weighted by Gasteiger charge is -2.27. The standard InChI is InChI=1S/C9H10BrNS/c10-7-2-1-6-4-12-5-9(11)8(6)3-7/h1-4,8-9H,5,11H2. The minimum Gasteiger partial charge on any atom is -0.326 e. The van der Waals surface area contributed by atoms with Crippen LogP contribution in [-0.2, 0) is 0 Å². The van der Waals surface area contributed by atoms with Gasteiger partial charge in [0.25, 0.3) is 0 Å². The van der Waals surface area contributed by atoms with Crippen molar-refractivity contribution in [3.05, 3.63) is 33.7 Å². The summed E-state index contributed by atoms with van der Waals surface area (Å²) in [5.41, 5.74) is 7.34. The van der Waals surface area contributed by atoms with E-state index in [1.54, 1.807) is 0 Å². The first kappa shape index (κ1) is 8.60. The van der Waals surface area contributed by atoms with Crippen molar-refractivity contribution in [2.75, 3.05) is 5.75 Å². The Morgan fingerprint density at radius 2 is 2.33 bits per heavy atom. The van der Waals surface area contributed by atoms with E-state index >= 15 is 0 Å². The number of rotatable bonds is 0. The van der Waals surface area contributed by atoms with Gasteiger partial charge in [0.1, 0.15) is 0 Å². The number of halogens is 1. The van der Waals surface area contributed by atoms with Crippen LogP contribution in [0.2, 0.25) is 0 Å². The van der Waals surface area contributed by atoms with Gasteiger partial charge in [0, 0.05) is 22.2 Å². The summed E-state index contributed by atoms with van der Waals surface area (Å²) in [6, 6.07) is 0.271. The van der Waals surface area contributed by atoms with Crippen molar-refractivity contribution in [1.29, 1.82) is 0 Å². The molecule has 3 heteroatoms. The molecular formula is C9H10BrNS. The van der Waals surface area contributed by atoms with Crippen LogP contribution in [0.15, 0.2) is 33.7 Å². The lowest BCUT2D eigenvalue weighted by atomic mass is 9.90. The van der Waals surface area contributed by atoms with Crippen LogP contribution in [0.25, 0.3) is 0 Å². The molecule has 1 heterocycles. The predicted octanol–water partition coefficient (Wildman–Crippen LogP) is 2.41. The lowest BCUT2D eigenvalue weighted by Crippen LogP contribution is -2.34. The zero-order chi connectivity index (χ0) is 8.55. The van der Waals surface area contributed by atoms with E-state index in [0.717, 1.165) is 10.2 Å². The highest BCUT2D eigenvalue weighted by Gasteiger charge is 2.23. The van der Waals surface area contributed by atoms with Crippen LogP contribution in [0, 0.1) is 5.92 Å². The maximum atomic E-state index is 5.99. The highest BCUT2D eigenvalue weighted by molar-refractivity contribution is 9.11. The third-order valence-electron chi connectivity index (χ3n) is 2.13. The van der Waals surface area contributed by atoms with Crippen LogP contribution in [0.3, 0.4) is 0 Å². The van der Waals surface area contributed by atoms with E-state index < -0.39 is 0 Å². The SMILES string of the molecule is NC1CSC=C2C=CC(Br)=CC21. The Kier molecular flexibility index (Phi) is 2.44. The van der Waals surface area contributed by atoms with Crippen molar-refractivity contribution < 1.29 is 0 Å². The fourth-order valence-corrected chi connectivity index (χ4v) is 2.83. The van der Waals surface area contributed by atoms with Gasteiger partial charge in [-0.15, -0.1) is 11.8 Å².